The van der Waals surface area contributed by atoms with Gasteiger partial charge in [-0.05, 0) is 26.8 Å². The smallest absolute Gasteiger partial charge is 0.191 e. The van der Waals surface area contributed by atoms with Crippen LogP contribution in [0.3, 0.4) is 0 Å². The summed E-state index contributed by atoms with van der Waals surface area (Å²) in [6.07, 6.45) is -0.133. The average molecular weight is 416 g/mol. The fraction of sp³-hybridized carbons (Fsp3) is 0.444. The molecule has 0 amide bonds. The van der Waals surface area contributed by atoms with Crippen LogP contribution in [0, 0.1) is 11.6 Å². The van der Waals surface area contributed by atoms with Gasteiger partial charge in [0.2, 0.25) is 0 Å². The molecule has 1 aliphatic rings. The highest BCUT2D eigenvalue weighted by atomic mass is 35.5. The Bertz CT molecular complexity index is 825. The number of nitrogens with zero attached hydrogens (tertiary/aromatic N) is 2. The molecule has 3 rings (SSSR count). The summed E-state index contributed by atoms with van der Waals surface area (Å²) < 4.78 is 38.5. The number of anilines is 1. The zero-order chi connectivity index (χ0) is 19.6. The number of halogens is 3. The second-order valence-corrected chi connectivity index (χ2v) is 7.99. The van der Waals surface area contributed by atoms with Crippen molar-refractivity contribution in [2.45, 2.75) is 49.6 Å². The second-order valence-electron chi connectivity index (χ2n) is 6.66. The Labute approximate surface area is 165 Å². The van der Waals surface area contributed by atoms with Crippen molar-refractivity contribution < 1.29 is 18.3 Å². The number of hydrogen-bond donors (Lipinski definition) is 1. The molecule has 0 saturated carbocycles. The summed E-state index contributed by atoms with van der Waals surface area (Å²) in [7, 11) is 0. The fourth-order valence-electron chi connectivity index (χ4n) is 2.63. The van der Waals surface area contributed by atoms with Crippen molar-refractivity contribution >= 4 is 29.2 Å². The summed E-state index contributed by atoms with van der Waals surface area (Å²) in [5.74, 6) is -1.64. The maximum Gasteiger partial charge on any atom is 0.191 e. The summed E-state index contributed by atoms with van der Waals surface area (Å²) >= 11 is 7.26. The molecule has 1 saturated heterocycles. The van der Waals surface area contributed by atoms with Crippen molar-refractivity contribution in [1.82, 2.24) is 9.97 Å². The van der Waals surface area contributed by atoms with Gasteiger partial charge in [0.15, 0.2) is 22.6 Å². The molecule has 146 valence electrons. The molecule has 2 atom stereocenters. The molecule has 0 aliphatic carbocycles. The highest BCUT2D eigenvalue weighted by Crippen LogP contribution is 2.27. The van der Waals surface area contributed by atoms with Gasteiger partial charge in [0.1, 0.15) is 17.1 Å². The van der Waals surface area contributed by atoms with Gasteiger partial charge in [-0.1, -0.05) is 35.5 Å². The first-order valence-corrected chi connectivity index (χ1v) is 9.78. The SMILES string of the molecule is C[C@@H](Nc1cc(Cl)nc(SCc2cccc(F)c2F)n1)[C@H]1COC(C)(C)O1. The van der Waals surface area contributed by atoms with Crippen LogP contribution in [0.15, 0.2) is 29.4 Å². The third kappa shape index (κ3) is 5.28. The second kappa shape index (κ2) is 8.26. The highest BCUT2D eigenvalue weighted by molar-refractivity contribution is 7.98. The lowest BCUT2D eigenvalue weighted by atomic mass is 10.2. The van der Waals surface area contributed by atoms with E-state index < -0.39 is 17.4 Å². The monoisotopic (exact) mass is 415 g/mol. The van der Waals surface area contributed by atoms with Gasteiger partial charge in [0.05, 0.1) is 12.6 Å². The van der Waals surface area contributed by atoms with Gasteiger partial charge in [-0.3, -0.25) is 0 Å². The highest BCUT2D eigenvalue weighted by Gasteiger charge is 2.35. The zero-order valence-electron chi connectivity index (χ0n) is 15.1. The number of rotatable bonds is 6. The molecule has 1 aromatic heterocycles. The Balaban J connectivity index is 1.66. The lowest BCUT2D eigenvalue weighted by Gasteiger charge is -2.22. The third-order valence-corrected chi connectivity index (χ3v) is 5.12. The van der Waals surface area contributed by atoms with Crippen molar-refractivity contribution in [1.29, 1.82) is 0 Å². The predicted octanol–water partition coefficient (Wildman–Crippen LogP) is 4.65. The topological polar surface area (TPSA) is 56.3 Å². The maximum absolute atomic E-state index is 13.8. The van der Waals surface area contributed by atoms with Crippen LogP contribution < -0.4 is 5.32 Å². The molecule has 2 aromatic rings. The molecule has 5 nitrogen and oxygen atoms in total. The number of aromatic nitrogens is 2. The molecule has 0 radical (unpaired) electrons. The van der Waals surface area contributed by atoms with E-state index in [4.69, 9.17) is 21.1 Å². The first-order valence-electron chi connectivity index (χ1n) is 8.42. The number of hydrogen-bond acceptors (Lipinski definition) is 6. The van der Waals surface area contributed by atoms with E-state index in [2.05, 4.69) is 15.3 Å². The molecule has 1 N–H and O–H groups in total. The van der Waals surface area contributed by atoms with Gasteiger partial charge in [-0.2, -0.15) is 0 Å². The summed E-state index contributed by atoms with van der Waals surface area (Å²) in [6, 6.07) is 5.60. The number of thioether (sulfide) groups is 1. The molecule has 1 aromatic carbocycles. The Hall–Kier alpha value is -1.48. The van der Waals surface area contributed by atoms with Gasteiger partial charge in [0, 0.05) is 17.4 Å². The third-order valence-electron chi connectivity index (χ3n) is 4.03. The molecule has 9 heteroatoms. The summed E-state index contributed by atoms with van der Waals surface area (Å²) in [6.45, 7) is 6.16. The first kappa shape index (κ1) is 20.3. The van der Waals surface area contributed by atoms with E-state index >= 15 is 0 Å². The van der Waals surface area contributed by atoms with E-state index in [1.807, 2.05) is 20.8 Å². The van der Waals surface area contributed by atoms with Crippen LogP contribution in [0.25, 0.3) is 0 Å². The molecule has 0 spiro atoms. The normalized spacial score (nSPS) is 19.9. The fourth-order valence-corrected chi connectivity index (χ4v) is 3.69. The zero-order valence-corrected chi connectivity index (χ0v) is 16.7. The van der Waals surface area contributed by atoms with Gasteiger partial charge in [-0.15, -0.1) is 0 Å². The lowest BCUT2D eigenvalue weighted by Crippen LogP contribution is -2.34. The summed E-state index contributed by atoms with van der Waals surface area (Å²) in [5.41, 5.74) is 0.241. The van der Waals surface area contributed by atoms with E-state index in [-0.39, 0.29) is 28.6 Å². The van der Waals surface area contributed by atoms with Crippen LogP contribution in [0.5, 0.6) is 0 Å². The minimum absolute atomic E-state index is 0.0729. The molecule has 27 heavy (non-hydrogen) atoms. The molecular formula is C18H20ClF2N3O2S. The Morgan fingerprint density at radius 2 is 2.15 bits per heavy atom. The van der Waals surface area contributed by atoms with Gasteiger partial charge < -0.3 is 14.8 Å². The molecule has 0 bridgehead atoms. The first-order chi connectivity index (χ1) is 12.7. The van der Waals surface area contributed by atoms with Crippen molar-refractivity contribution in [3.8, 4) is 0 Å². The van der Waals surface area contributed by atoms with E-state index in [9.17, 15) is 8.78 Å². The summed E-state index contributed by atoms with van der Waals surface area (Å²) in [4.78, 5) is 8.53. The average Bonchev–Trinajstić information content (AvgIpc) is 2.96. The Morgan fingerprint density at radius 3 is 2.85 bits per heavy atom. The molecule has 1 fully saturated rings. The van der Waals surface area contributed by atoms with E-state index in [0.717, 1.165) is 6.07 Å². The van der Waals surface area contributed by atoms with Crippen LogP contribution in [-0.4, -0.2) is 34.5 Å². The Morgan fingerprint density at radius 1 is 1.37 bits per heavy atom. The molecule has 2 heterocycles. The van der Waals surface area contributed by atoms with Crippen molar-refractivity contribution in [2.24, 2.45) is 0 Å². The van der Waals surface area contributed by atoms with E-state index in [1.54, 1.807) is 6.07 Å². The van der Waals surface area contributed by atoms with Crippen LogP contribution in [0.4, 0.5) is 14.6 Å². The van der Waals surface area contributed by atoms with Gasteiger partial charge in [-0.25, -0.2) is 18.7 Å². The number of ether oxygens (including phenoxy) is 2. The molecule has 0 unspecified atom stereocenters. The summed E-state index contributed by atoms with van der Waals surface area (Å²) in [5, 5.41) is 3.85. The molecular weight excluding hydrogens is 396 g/mol. The van der Waals surface area contributed by atoms with E-state index in [0.29, 0.717) is 17.6 Å². The van der Waals surface area contributed by atoms with Crippen molar-refractivity contribution in [3.63, 3.8) is 0 Å². The predicted molar refractivity (Wildman–Crippen MR) is 101 cm³/mol. The minimum Gasteiger partial charge on any atom is -0.365 e. The quantitative estimate of drug-likeness (QED) is 0.421. The standard InChI is InChI=1S/C18H20ClF2N3O2S/c1-10(13-8-25-18(2,3)26-13)22-15-7-14(19)23-17(24-15)27-9-11-5-4-6-12(20)16(11)21/h4-7,10,13H,8-9H2,1-3H3,(H,22,23,24)/t10-,13-/m1/s1. The lowest BCUT2D eigenvalue weighted by molar-refractivity contribution is -0.139. The van der Waals surface area contributed by atoms with Crippen LogP contribution in [0.1, 0.15) is 26.3 Å². The Kier molecular flexibility index (Phi) is 6.20. The number of nitrogens with one attached hydrogen (secondary N) is 1. The van der Waals surface area contributed by atoms with Gasteiger partial charge in [0.25, 0.3) is 0 Å². The minimum atomic E-state index is -0.877. The van der Waals surface area contributed by atoms with Crippen LogP contribution in [-0.2, 0) is 15.2 Å². The van der Waals surface area contributed by atoms with Crippen molar-refractivity contribution in [2.75, 3.05) is 11.9 Å². The number of benzene rings is 1. The van der Waals surface area contributed by atoms with E-state index in [1.165, 1.54) is 23.9 Å². The van der Waals surface area contributed by atoms with Crippen LogP contribution in [0.2, 0.25) is 5.15 Å². The van der Waals surface area contributed by atoms with Crippen molar-refractivity contribution in [3.05, 3.63) is 46.6 Å². The molecule has 1 aliphatic heterocycles. The maximum atomic E-state index is 13.8. The largest absolute Gasteiger partial charge is 0.365 e. The van der Waals surface area contributed by atoms with Gasteiger partial charge >= 0.3 is 0 Å². The van der Waals surface area contributed by atoms with Crippen LogP contribution >= 0.6 is 23.4 Å².